The number of ether oxygens (including phenoxy) is 1. The molecule has 0 fully saturated rings. The first-order chi connectivity index (χ1) is 15.1. The molecular weight excluding hydrogens is 420 g/mol. The highest BCUT2D eigenvalue weighted by Crippen LogP contribution is 2.32. The van der Waals surface area contributed by atoms with Crippen LogP contribution >= 0.6 is 0 Å². The molecular formula is C21H20N4O7. The number of aliphatic carboxylic acids is 2. The molecule has 6 N–H and O–H groups in total. The predicted molar refractivity (Wildman–Crippen MR) is 113 cm³/mol. The molecule has 32 heavy (non-hydrogen) atoms. The predicted octanol–water partition coefficient (Wildman–Crippen LogP) is 1.94. The van der Waals surface area contributed by atoms with E-state index in [1.165, 1.54) is 18.2 Å². The number of hydrogen-bond donors (Lipinski definition) is 5. The van der Waals surface area contributed by atoms with E-state index in [1.54, 1.807) is 31.2 Å². The van der Waals surface area contributed by atoms with Gasteiger partial charge in [0.15, 0.2) is 5.96 Å². The largest absolute Gasteiger partial charge is 0.481 e. The van der Waals surface area contributed by atoms with Gasteiger partial charge in [0.1, 0.15) is 5.75 Å². The molecule has 1 unspecified atom stereocenters. The Balaban J connectivity index is 1.77. The van der Waals surface area contributed by atoms with E-state index in [-0.39, 0.29) is 29.4 Å². The molecule has 0 radical (unpaired) electrons. The number of hydrogen-bond acceptors (Lipinski definition) is 7. The van der Waals surface area contributed by atoms with Gasteiger partial charge >= 0.3 is 17.9 Å². The van der Waals surface area contributed by atoms with E-state index < -0.39 is 29.9 Å². The number of anilines is 1. The van der Waals surface area contributed by atoms with Gasteiger partial charge < -0.3 is 30.8 Å². The van der Waals surface area contributed by atoms with Gasteiger partial charge in [-0.3, -0.25) is 10.2 Å². The van der Waals surface area contributed by atoms with Crippen LogP contribution in [0.1, 0.15) is 34.3 Å². The molecule has 3 rings (SSSR count). The molecule has 0 saturated heterocycles. The maximum atomic E-state index is 12.5. The molecule has 0 aliphatic carbocycles. The van der Waals surface area contributed by atoms with Crippen LogP contribution in [-0.2, 0) is 14.4 Å². The average molecular weight is 440 g/mol. The summed E-state index contributed by atoms with van der Waals surface area (Å²) < 4.78 is 5.41. The number of benzene rings is 2. The minimum absolute atomic E-state index is 0.190. The van der Waals surface area contributed by atoms with Gasteiger partial charge in [-0.25, -0.2) is 9.59 Å². The van der Waals surface area contributed by atoms with Crippen LogP contribution < -0.4 is 15.8 Å². The monoisotopic (exact) mass is 440 g/mol. The lowest BCUT2D eigenvalue weighted by Crippen LogP contribution is -2.41. The summed E-state index contributed by atoms with van der Waals surface area (Å²) in [6, 6.07) is 10.9. The second-order valence-corrected chi connectivity index (χ2v) is 7.16. The average Bonchev–Trinajstić information content (AvgIpc) is 3.14. The van der Waals surface area contributed by atoms with Crippen LogP contribution in [0.3, 0.4) is 0 Å². The van der Waals surface area contributed by atoms with Crippen molar-refractivity contribution in [2.75, 3.05) is 5.32 Å². The number of nitrogens with two attached hydrogens (primary N) is 1. The third kappa shape index (κ3) is 4.83. The van der Waals surface area contributed by atoms with E-state index in [2.05, 4.69) is 10.5 Å². The summed E-state index contributed by atoms with van der Waals surface area (Å²) >= 11 is 0. The highest BCUT2D eigenvalue weighted by atomic mass is 16.7. The summed E-state index contributed by atoms with van der Waals surface area (Å²) in [5.74, 6) is -3.43. The highest BCUT2D eigenvalue weighted by molar-refractivity contribution is 6.06. The fourth-order valence-electron chi connectivity index (χ4n) is 3.14. The van der Waals surface area contributed by atoms with E-state index in [4.69, 9.17) is 25.8 Å². The van der Waals surface area contributed by atoms with Gasteiger partial charge in [0, 0.05) is 17.7 Å². The quantitative estimate of drug-likeness (QED) is 0.186. The molecule has 1 aliphatic heterocycles. The maximum Gasteiger partial charge on any atom is 0.351 e. The number of carboxylic acids is 2. The Kier molecular flexibility index (Phi) is 6.10. The van der Waals surface area contributed by atoms with Gasteiger partial charge in [-0.15, -0.1) is 0 Å². The van der Waals surface area contributed by atoms with Crippen molar-refractivity contribution in [3.63, 3.8) is 0 Å². The van der Waals surface area contributed by atoms with E-state index in [0.29, 0.717) is 16.8 Å². The zero-order valence-corrected chi connectivity index (χ0v) is 16.9. The molecule has 1 atom stereocenters. The van der Waals surface area contributed by atoms with Crippen LogP contribution in [0.5, 0.6) is 5.75 Å². The second kappa shape index (κ2) is 8.76. The molecule has 0 bridgehead atoms. The van der Waals surface area contributed by atoms with Crippen LogP contribution in [0.2, 0.25) is 0 Å². The Bertz CT molecular complexity index is 1130. The van der Waals surface area contributed by atoms with Crippen molar-refractivity contribution >= 4 is 35.3 Å². The summed E-state index contributed by atoms with van der Waals surface area (Å²) in [6.07, 6.45) is -1.00. The Labute approximate surface area is 181 Å². The minimum atomic E-state index is -1.99. The van der Waals surface area contributed by atoms with Gasteiger partial charge in [-0.2, -0.15) is 0 Å². The number of esters is 1. The van der Waals surface area contributed by atoms with E-state index in [9.17, 15) is 19.5 Å². The number of rotatable bonds is 7. The van der Waals surface area contributed by atoms with Gasteiger partial charge in [-0.1, -0.05) is 11.2 Å². The molecule has 0 aromatic heterocycles. The number of carbonyl (C=O) groups is 3. The number of carboxylic acid groups (broad SMARTS) is 2. The van der Waals surface area contributed by atoms with Crippen LogP contribution in [0.25, 0.3) is 0 Å². The van der Waals surface area contributed by atoms with E-state index >= 15 is 0 Å². The lowest BCUT2D eigenvalue weighted by Gasteiger charge is -2.19. The molecule has 0 amide bonds. The molecule has 11 heteroatoms. The second-order valence-electron chi connectivity index (χ2n) is 7.16. The zero-order valence-electron chi connectivity index (χ0n) is 16.9. The van der Waals surface area contributed by atoms with Crippen molar-refractivity contribution < 1.29 is 34.2 Å². The third-order valence-electron chi connectivity index (χ3n) is 4.74. The number of nitrogens with one attached hydrogen (secondary N) is 2. The number of carbonyl (C=O) groups excluding carboxylic acids is 1. The van der Waals surface area contributed by atoms with Crippen molar-refractivity contribution in [1.29, 1.82) is 5.41 Å². The van der Waals surface area contributed by atoms with Crippen LogP contribution in [0, 0.1) is 12.3 Å². The lowest BCUT2D eigenvalue weighted by atomic mass is 9.90. The Morgan fingerprint density at radius 3 is 2.50 bits per heavy atom. The fourth-order valence-corrected chi connectivity index (χ4v) is 3.14. The van der Waals surface area contributed by atoms with Gasteiger partial charge in [0.2, 0.25) is 5.60 Å². The molecule has 1 heterocycles. The first kappa shape index (κ1) is 22.3. The SMILES string of the molecule is Cc1ccc(OC(=O)c2ccc(NC(=N)N)cc2)cc1C1=NOC(CC(=O)O)(C(=O)O)C1. The zero-order chi connectivity index (χ0) is 23.5. The number of oxime groups is 1. The standard InChI is InChI=1S/C21H20N4O7/c1-11-2-7-14(31-18(28)12-3-5-13(6-4-12)24-20(22)23)8-15(11)16-9-21(19(29)30,32-25-16)10-17(26)27/h2-8H,9-10H2,1H3,(H,26,27)(H,29,30)(H4,22,23,24). The van der Waals surface area contributed by atoms with Crippen LogP contribution in [-0.4, -0.2) is 45.4 Å². The Morgan fingerprint density at radius 1 is 1.22 bits per heavy atom. The van der Waals surface area contributed by atoms with Gasteiger partial charge in [0.25, 0.3) is 0 Å². The number of guanidine groups is 1. The lowest BCUT2D eigenvalue weighted by molar-refractivity contribution is -0.169. The summed E-state index contributed by atoms with van der Waals surface area (Å²) in [4.78, 5) is 40.2. The van der Waals surface area contributed by atoms with Gasteiger partial charge in [-0.05, 0) is 48.9 Å². The molecule has 11 nitrogen and oxygen atoms in total. The fraction of sp³-hybridized carbons (Fsp3) is 0.190. The third-order valence-corrected chi connectivity index (χ3v) is 4.74. The first-order valence-corrected chi connectivity index (χ1v) is 9.34. The van der Waals surface area contributed by atoms with Crippen LogP contribution in [0.15, 0.2) is 47.6 Å². The smallest absolute Gasteiger partial charge is 0.351 e. The van der Waals surface area contributed by atoms with Gasteiger partial charge in [0.05, 0.1) is 17.7 Å². The van der Waals surface area contributed by atoms with Crippen molar-refractivity contribution in [3.05, 3.63) is 59.2 Å². The molecule has 166 valence electrons. The van der Waals surface area contributed by atoms with E-state index in [0.717, 1.165) is 0 Å². The summed E-state index contributed by atoms with van der Waals surface area (Å²) in [5.41, 5.74) is 5.49. The van der Waals surface area contributed by atoms with Crippen molar-refractivity contribution in [2.24, 2.45) is 10.9 Å². The van der Waals surface area contributed by atoms with E-state index in [1.807, 2.05) is 0 Å². The van der Waals surface area contributed by atoms with Crippen molar-refractivity contribution in [2.45, 2.75) is 25.4 Å². The summed E-state index contributed by atoms with van der Waals surface area (Å²) in [5, 5.41) is 32.1. The van der Waals surface area contributed by atoms with Crippen molar-refractivity contribution in [3.8, 4) is 5.75 Å². The Morgan fingerprint density at radius 2 is 1.91 bits per heavy atom. The summed E-state index contributed by atoms with van der Waals surface area (Å²) in [7, 11) is 0. The molecule has 2 aromatic rings. The first-order valence-electron chi connectivity index (χ1n) is 9.34. The van der Waals surface area contributed by atoms with Crippen molar-refractivity contribution in [1.82, 2.24) is 0 Å². The maximum absolute atomic E-state index is 12.5. The molecule has 0 saturated carbocycles. The minimum Gasteiger partial charge on any atom is -0.481 e. The molecule has 0 spiro atoms. The molecule has 1 aliphatic rings. The van der Waals surface area contributed by atoms with Crippen LogP contribution in [0.4, 0.5) is 5.69 Å². The molecule has 2 aromatic carbocycles. The Hall–Kier alpha value is -4.41. The number of nitrogens with zero attached hydrogens (tertiary/aromatic N) is 1. The normalized spacial score (nSPS) is 17.1. The topological polar surface area (TPSA) is 184 Å². The highest BCUT2D eigenvalue weighted by Gasteiger charge is 2.49. The number of aryl methyl sites for hydroxylation is 1. The summed E-state index contributed by atoms with van der Waals surface area (Å²) in [6.45, 7) is 1.75.